The minimum Gasteiger partial charge on any atom is -0.481 e. The van der Waals surface area contributed by atoms with Gasteiger partial charge in [0.15, 0.2) is 0 Å². The Morgan fingerprint density at radius 2 is 1.69 bits per heavy atom. The highest BCUT2D eigenvalue weighted by atomic mass is 19.3. The molecule has 0 heterocycles. The fraction of sp³-hybridized carbons (Fsp3) is 0.259. The summed E-state index contributed by atoms with van der Waals surface area (Å²) in [6.45, 7) is 5.10. The van der Waals surface area contributed by atoms with Crippen molar-refractivity contribution in [3.63, 3.8) is 0 Å². The smallest absolute Gasteiger partial charge is 0.303 e. The molecule has 1 amide bonds. The summed E-state index contributed by atoms with van der Waals surface area (Å²) >= 11 is 0. The highest BCUT2D eigenvalue weighted by molar-refractivity contribution is 5.95. The molecule has 184 valence electrons. The molecule has 0 aliphatic carbocycles. The molecular formula is C27H26F3NO4. The number of aryl methyl sites for hydroxylation is 3. The molecule has 0 saturated heterocycles. The van der Waals surface area contributed by atoms with Crippen molar-refractivity contribution in [2.75, 3.05) is 0 Å². The van der Waals surface area contributed by atoms with Crippen LogP contribution < -0.4 is 10.1 Å². The van der Waals surface area contributed by atoms with Gasteiger partial charge in [-0.1, -0.05) is 12.1 Å². The zero-order valence-electron chi connectivity index (χ0n) is 19.6. The van der Waals surface area contributed by atoms with Gasteiger partial charge in [-0.05, 0) is 85.8 Å². The third-order valence-electron chi connectivity index (χ3n) is 5.65. The summed E-state index contributed by atoms with van der Waals surface area (Å²) in [5, 5.41) is 11.6. The highest BCUT2D eigenvalue weighted by Gasteiger charge is 2.17. The van der Waals surface area contributed by atoms with Crippen LogP contribution in [0.5, 0.6) is 11.5 Å². The Labute approximate surface area is 201 Å². The van der Waals surface area contributed by atoms with E-state index >= 15 is 0 Å². The van der Waals surface area contributed by atoms with E-state index in [2.05, 4.69) is 5.32 Å². The quantitative estimate of drug-likeness (QED) is 0.355. The van der Waals surface area contributed by atoms with E-state index in [0.29, 0.717) is 23.3 Å². The molecule has 1 atom stereocenters. The Kier molecular flexibility index (Phi) is 8.17. The van der Waals surface area contributed by atoms with E-state index in [1.165, 1.54) is 30.3 Å². The molecular weight excluding hydrogens is 459 g/mol. The summed E-state index contributed by atoms with van der Waals surface area (Å²) in [4.78, 5) is 23.5. The maximum atomic E-state index is 14.3. The average Bonchev–Trinajstić information content (AvgIpc) is 2.77. The van der Waals surface area contributed by atoms with Crippen LogP contribution in [0.3, 0.4) is 0 Å². The molecule has 5 nitrogen and oxygen atoms in total. The van der Waals surface area contributed by atoms with Crippen LogP contribution in [0.2, 0.25) is 0 Å². The average molecular weight is 486 g/mol. The number of carboxylic acid groups (broad SMARTS) is 1. The number of carboxylic acids is 1. The second kappa shape index (κ2) is 11.1. The Balaban J connectivity index is 1.73. The molecule has 8 heteroatoms. The molecule has 1 unspecified atom stereocenters. The van der Waals surface area contributed by atoms with E-state index < -0.39 is 30.2 Å². The molecule has 0 aliphatic rings. The van der Waals surface area contributed by atoms with Gasteiger partial charge in [0.25, 0.3) is 12.3 Å². The van der Waals surface area contributed by atoms with E-state index in [1.807, 2.05) is 6.92 Å². The van der Waals surface area contributed by atoms with Gasteiger partial charge >= 0.3 is 5.97 Å². The molecule has 0 spiro atoms. The summed E-state index contributed by atoms with van der Waals surface area (Å²) < 4.78 is 45.9. The normalized spacial score (nSPS) is 11.9. The maximum absolute atomic E-state index is 14.3. The van der Waals surface area contributed by atoms with E-state index in [0.717, 1.165) is 11.1 Å². The molecule has 0 radical (unpaired) electrons. The zero-order chi connectivity index (χ0) is 25.7. The molecule has 3 aromatic carbocycles. The van der Waals surface area contributed by atoms with Gasteiger partial charge in [-0.3, -0.25) is 9.59 Å². The molecule has 0 aromatic heterocycles. The number of amides is 1. The lowest BCUT2D eigenvalue weighted by molar-refractivity contribution is -0.136. The van der Waals surface area contributed by atoms with Crippen LogP contribution in [0.25, 0.3) is 0 Å². The van der Waals surface area contributed by atoms with Gasteiger partial charge in [0.2, 0.25) is 0 Å². The number of ether oxygens (including phenoxy) is 1. The molecule has 3 aromatic rings. The third kappa shape index (κ3) is 6.85. The Morgan fingerprint density at radius 1 is 0.943 bits per heavy atom. The summed E-state index contributed by atoms with van der Waals surface area (Å²) in [7, 11) is 0. The third-order valence-corrected chi connectivity index (χ3v) is 5.65. The van der Waals surface area contributed by atoms with Crippen molar-refractivity contribution in [3.8, 4) is 11.5 Å². The first kappa shape index (κ1) is 25.8. The summed E-state index contributed by atoms with van der Waals surface area (Å²) in [5.74, 6) is -1.19. The number of benzene rings is 3. The SMILES string of the molecule is Cc1cc(Oc2cc(F)cc(C(C)NC(=O)c3ccc(C(F)F)cc3C)c2)ccc1CCC(=O)O. The molecule has 0 fully saturated rings. The fourth-order valence-corrected chi connectivity index (χ4v) is 3.72. The first-order valence-electron chi connectivity index (χ1n) is 11.0. The van der Waals surface area contributed by atoms with Gasteiger partial charge in [0.1, 0.15) is 17.3 Å². The van der Waals surface area contributed by atoms with Crippen LogP contribution in [-0.2, 0) is 11.2 Å². The van der Waals surface area contributed by atoms with E-state index in [-0.39, 0.29) is 23.3 Å². The van der Waals surface area contributed by atoms with Crippen molar-refractivity contribution in [2.45, 2.75) is 46.1 Å². The van der Waals surface area contributed by atoms with E-state index in [9.17, 15) is 22.8 Å². The summed E-state index contributed by atoms with van der Waals surface area (Å²) in [6.07, 6.45) is -2.21. The summed E-state index contributed by atoms with van der Waals surface area (Å²) in [6, 6.07) is 12.6. The predicted octanol–water partition coefficient (Wildman–Crippen LogP) is 6.68. The van der Waals surface area contributed by atoms with Gasteiger partial charge in [0.05, 0.1) is 6.04 Å². The number of nitrogens with one attached hydrogen (secondary N) is 1. The number of aliphatic carboxylic acids is 1. The number of rotatable bonds is 9. The van der Waals surface area contributed by atoms with E-state index in [1.54, 1.807) is 38.1 Å². The van der Waals surface area contributed by atoms with Crippen molar-refractivity contribution in [1.29, 1.82) is 0 Å². The molecule has 0 aliphatic heterocycles. The maximum Gasteiger partial charge on any atom is 0.303 e. The van der Waals surface area contributed by atoms with Crippen molar-refractivity contribution >= 4 is 11.9 Å². The van der Waals surface area contributed by atoms with Crippen LogP contribution in [0.1, 0.15) is 64.0 Å². The largest absolute Gasteiger partial charge is 0.481 e. The Bertz CT molecular complexity index is 1240. The van der Waals surface area contributed by atoms with Crippen LogP contribution in [0, 0.1) is 19.7 Å². The fourth-order valence-electron chi connectivity index (χ4n) is 3.72. The Morgan fingerprint density at radius 3 is 2.31 bits per heavy atom. The molecule has 35 heavy (non-hydrogen) atoms. The number of alkyl halides is 2. The first-order valence-corrected chi connectivity index (χ1v) is 11.0. The van der Waals surface area contributed by atoms with Crippen LogP contribution >= 0.6 is 0 Å². The van der Waals surface area contributed by atoms with Crippen molar-refractivity contribution in [2.24, 2.45) is 0 Å². The minimum absolute atomic E-state index is 0.0216. The molecule has 2 N–H and O–H groups in total. The van der Waals surface area contributed by atoms with Crippen LogP contribution in [0.15, 0.2) is 54.6 Å². The molecule has 0 bridgehead atoms. The first-order chi connectivity index (χ1) is 16.5. The molecule has 0 saturated carbocycles. The van der Waals surface area contributed by atoms with Gasteiger partial charge in [0, 0.05) is 23.6 Å². The lowest BCUT2D eigenvalue weighted by Crippen LogP contribution is -2.27. The van der Waals surface area contributed by atoms with Gasteiger partial charge in [-0.15, -0.1) is 0 Å². The van der Waals surface area contributed by atoms with Crippen LogP contribution in [0.4, 0.5) is 13.2 Å². The van der Waals surface area contributed by atoms with E-state index in [4.69, 9.17) is 9.84 Å². The van der Waals surface area contributed by atoms with Gasteiger partial charge < -0.3 is 15.2 Å². The monoisotopic (exact) mass is 485 g/mol. The second-order valence-corrected chi connectivity index (χ2v) is 8.37. The predicted molar refractivity (Wildman–Crippen MR) is 126 cm³/mol. The van der Waals surface area contributed by atoms with Crippen molar-refractivity contribution in [3.05, 3.63) is 93.8 Å². The number of carbonyl (C=O) groups is 2. The number of hydrogen-bond acceptors (Lipinski definition) is 3. The highest BCUT2D eigenvalue weighted by Crippen LogP contribution is 2.28. The molecule has 3 rings (SSSR count). The number of carbonyl (C=O) groups excluding carboxylic acids is 1. The van der Waals surface area contributed by atoms with Gasteiger partial charge in [-0.2, -0.15) is 0 Å². The second-order valence-electron chi connectivity index (χ2n) is 8.37. The number of halogens is 3. The van der Waals surface area contributed by atoms with Gasteiger partial charge in [-0.25, -0.2) is 13.2 Å². The standard InChI is InChI=1S/C27H26F3NO4/c1-15-11-22(7-4-18(15)6-9-25(32)33)35-23-13-20(12-21(28)14-23)17(3)31-27(34)24-8-5-19(26(29)30)10-16(24)2/h4-5,7-8,10-14,17,26H,6,9H2,1-3H3,(H,31,34)(H,32,33). The Hall–Kier alpha value is -3.81. The summed E-state index contributed by atoms with van der Waals surface area (Å²) in [5.41, 5.74) is 2.71. The van der Waals surface area contributed by atoms with Crippen molar-refractivity contribution < 1.29 is 32.6 Å². The topological polar surface area (TPSA) is 75.6 Å². The number of hydrogen-bond donors (Lipinski definition) is 2. The van der Waals surface area contributed by atoms with Crippen LogP contribution in [-0.4, -0.2) is 17.0 Å². The lowest BCUT2D eigenvalue weighted by atomic mass is 10.0. The minimum atomic E-state index is -2.62. The zero-order valence-corrected chi connectivity index (χ0v) is 19.6. The van der Waals surface area contributed by atoms with Crippen molar-refractivity contribution in [1.82, 2.24) is 5.32 Å². The lowest BCUT2D eigenvalue weighted by Gasteiger charge is -2.17.